The smallest absolute Gasteiger partial charge is 0.257 e. The van der Waals surface area contributed by atoms with E-state index in [1.165, 1.54) is 24.3 Å². The molecule has 3 amide bonds. The maximum atomic E-state index is 12.8. The van der Waals surface area contributed by atoms with Gasteiger partial charge in [-0.1, -0.05) is 25.5 Å². The van der Waals surface area contributed by atoms with E-state index in [2.05, 4.69) is 23.1 Å². The Hall–Kier alpha value is -3.42. The molecule has 0 saturated heterocycles. The Morgan fingerprint density at radius 1 is 0.931 bits per heavy atom. The molecule has 0 heterocycles. The van der Waals surface area contributed by atoms with E-state index in [1.54, 1.807) is 24.3 Å². The van der Waals surface area contributed by atoms with Crippen LogP contribution < -0.4 is 20.9 Å². The molecule has 2 rings (SSSR count). The molecule has 0 atom stereocenters. The summed E-state index contributed by atoms with van der Waals surface area (Å²) in [6, 6.07) is 12.1. The van der Waals surface area contributed by atoms with Gasteiger partial charge in [0, 0.05) is 5.56 Å². The zero-order valence-electron chi connectivity index (χ0n) is 16.2. The minimum atomic E-state index is -0.578. The van der Waals surface area contributed by atoms with Gasteiger partial charge in [-0.3, -0.25) is 25.2 Å². The Morgan fingerprint density at radius 2 is 1.59 bits per heavy atom. The third-order valence-electron chi connectivity index (χ3n) is 3.91. The number of nitrogens with one attached hydrogen (secondary N) is 3. The standard InChI is InChI=1S/C21H24FN3O4/c1-2-3-12-29-18-10-6-16(7-11-18)21(28)23-14-20(27)25-24-19(26)13-15-4-8-17(22)9-5-15/h4-11H,2-3,12-14H2,1H3,(H,23,28)(H,24,26)(H,25,27). The molecular formula is C21H24FN3O4. The molecule has 0 aliphatic carbocycles. The second-order valence-corrected chi connectivity index (χ2v) is 6.31. The van der Waals surface area contributed by atoms with Gasteiger partial charge in [0.15, 0.2) is 0 Å². The fourth-order valence-corrected chi connectivity index (χ4v) is 2.31. The summed E-state index contributed by atoms with van der Waals surface area (Å²) in [5.74, 6) is -1.17. The number of halogens is 1. The van der Waals surface area contributed by atoms with Crippen molar-refractivity contribution < 1.29 is 23.5 Å². The van der Waals surface area contributed by atoms with Crippen molar-refractivity contribution in [1.29, 1.82) is 0 Å². The number of carbonyl (C=O) groups is 3. The molecule has 2 aromatic carbocycles. The summed E-state index contributed by atoms with van der Waals surface area (Å²) in [4.78, 5) is 35.6. The van der Waals surface area contributed by atoms with Gasteiger partial charge in [0.2, 0.25) is 5.91 Å². The monoisotopic (exact) mass is 401 g/mol. The lowest BCUT2D eigenvalue weighted by Gasteiger charge is -2.09. The van der Waals surface area contributed by atoms with Gasteiger partial charge in [0.1, 0.15) is 11.6 Å². The molecule has 0 radical (unpaired) electrons. The van der Waals surface area contributed by atoms with Crippen molar-refractivity contribution >= 4 is 17.7 Å². The van der Waals surface area contributed by atoms with E-state index in [4.69, 9.17) is 4.74 Å². The van der Waals surface area contributed by atoms with Crippen molar-refractivity contribution in [2.24, 2.45) is 0 Å². The van der Waals surface area contributed by atoms with Crippen molar-refractivity contribution in [3.63, 3.8) is 0 Å². The molecule has 0 aromatic heterocycles. The first kappa shape index (κ1) is 21.9. The highest BCUT2D eigenvalue weighted by Crippen LogP contribution is 2.12. The second-order valence-electron chi connectivity index (χ2n) is 6.31. The summed E-state index contributed by atoms with van der Waals surface area (Å²) in [6.45, 7) is 2.39. The number of ether oxygens (including phenoxy) is 1. The van der Waals surface area contributed by atoms with Crippen LogP contribution in [0.3, 0.4) is 0 Å². The molecule has 8 heteroatoms. The van der Waals surface area contributed by atoms with Gasteiger partial charge in [-0.15, -0.1) is 0 Å². The molecular weight excluding hydrogens is 377 g/mol. The molecule has 2 aromatic rings. The Bertz CT molecular complexity index is 823. The minimum absolute atomic E-state index is 0.0143. The molecule has 0 unspecified atom stereocenters. The van der Waals surface area contributed by atoms with Crippen molar-refractivity contribution in [3.05, 3.63) is 65.5 Å². The van der Waals surface area contributed by atoms with Crippen LogP contribution >= 0.6 is 0 Å². The molecule has 0 saturated carbocycles. The summed E-state index contributed by atoms with van der Waals surface area (Å²) in [6.07, 6.45) is 1.98. The predicted molar refractivity (Wildman–Crippen MR) is 106 cm³/mol. The van der Waals surface area contributed by atoms with Gasteiger partial charge in [-0.05, 0) is 48.4 Å². The third kappa shape index (κ3) is 8.00. The molecule has 0 spiro atoms. The fourth-order valence-electron chi connectivity index (χ4n) is 2.31. The number of hydrogen-bond acceptors (Lipinski definition) is 4. The Balaban J connectivity index is 1.69. The summed E-state index contributed by atoms with van der Waals surface area (Å²) in [5.41, 5.74) is 5.45. The average Bonchev–Trinajstić information content (AvgIpc) is 2.73. The fraction of sp³-hybridized carbons (Fsp3) is 0.286. The first-order valence-electron chi connectivity index (χ1n) is 9.31. The first-order valence-corrected chi connectivity index (χ1v) is 9.31. The highest BCUT2D eigenvalue weighted by molar-refractivity contribution is 5.96. The molecule has 3 N–H and O–H groups in total. The van der Waals surface area contributed by atoms with Crippen LogP contribution in [-0.2, 0) is 16.0 Å². The quantitative estimate of drug-likeness (QED) is 0.443. The molecule has 154 valence electrons. The normalized spacial score (nSPS) is 10.1. The molecule has 29 heavy (non-hydrogen) atoms. The summed E-state index contributed by atoms with van der Waals surface area (Å²) >= 11 is 0. The summed E-state index contributed by atoms with van der Waals surface area (Å²) in [5, 5.41) is 2.47. The van der Waals surface area contributed by atoms with Crippen LogP contribution in [0.1, 0.15) is 35.7 Å². The molecule has 0 aliphatic rings. The number of amides is 3. The van der Waals surface area contributed by atoms with Crippen LogP contribution in [0.15, 0.2) is 48.5 Å². The zero-order valence-corrected chi connectivity index (χ0v) is 16.2. The largest absolute Gasteiger partial charge is 0.494 e. The Morgan fingerprint density at radius 3 is 2.24 bits per heavy atom. The highest BCUT2D eigenvalue weighted by atomic mass is 19.1. The van der Waals surface area contributed by atoms with Crippen LogP contribution in [-0.4, -0.2) is 30.9 Å². The summed E-state index contributed by atoms with van der Waals surface area (Å²) in [7, 11) is 0. The van der Waals surface area contributed by atoms with Gasteiger partial charge >= 0.3 is 0 Å². The van der Waals surface area contributed by atoms with Crippen molar-refractivity contribution in [2.45, 2.75) is 26.2 Å². The molecule has 0 fully saturated rings. The van der Waals surface area contributed by atoms with Crippen LogP contribution in [0.5, 0.6) is 5.75 Å². The first-order chi connectivity index (χ1) is 14.0. The van der Waals surface area contributed by atoms with Crippen LogP contribution in [0.4, 0.5) is 4.39 Å². The predicted octanol–water partition coefficient (Wildman–Crippen LogP) is 2.12. The van der Waals surface area contributed by atoms with Crippen LogP contribution in [0, 0.1) is 5.82 Å². The van der Waals surface area contributed by atoms with Crippen molar-refractivity contribution in [1.82, 2.24) is 16.2 Å². The SMILES string of the molecule is CCCCOc1ccc(C(=O)NCC(=O)NNC(=O)Cc2ccc(F)cc2)cc1. The summed E-state index contributed by atoms with van der Waals surface area (Å²) < 4.78 is 18.4. The third-order valence-corrected chi connectivity index (χ3v) is 3.91. The molecule has 7 nitrogen and oxygen atoms in total. The minimum Gasteiger partial charge on any atom is -0.494 e. The number of hydrogen-bond donors (Lipinski definition) is 3. The lowest BCUT2D eigenvalue weighted by molar-refractivity contribution is -0.128. The number of carbonyl (C=O) groups excluding carboxylic acids is 3. The van der Waals surface area contributed by atoms with Gasteiger partial charge in [0.25, 0.3) is 11.8 Å². The number of rotatable bonds is 9. The van der Waals surface area contributed by atoms with E-state index in [0.717, 1.165) is 12.8 Å². The maximum absolute atomic E-state index is 12.8. The van der Waals surface area contributed by atoms with Gasteiger partial charge in [-0.25, -0.2) is 4.39 Å². The van der Waals surface area contributed by atoms with E-state index >= 15 is 0 Å². The van der Waals surface area contributed by atoms with Gasteiger partial charge < -0.3 is 10.1 Å². The average molecular weight is 401 g/mol. The topological polar surface area (TPSA) is 96.5 Å². The van der Waals surface area contributed by atoms with E-state index in [0.29, 0.717) is 23.5 Å². The number of hydrazine groups is 1. The maximum Gasteiger partial charge on any atom is 0.257 e. The van der Waals surface area contributed by atoms with Crippen molar-refractivity contribution in [2.75, 3.05) is 13.2 Å². The zero-order chi connectivity index (χ0) is 21.1. The Labute approximate surface area is 168 Å². The second kappa shape index (κ2) is 11.4. The van der Waals surface area contributed by atoms with Crippen LogP contribution in [0.25, 0.3) is 0 Å². The van der Waals surface area contributed by atoms with Gasteiger partial charge in [-0.2, -0.15) is 0 Å². The lowest BCUT2D eigenvalue weighted by Crippen LogP contribution is -2.46. The van der Waals surface area contributed by atoms with E-state index in [9.17, 15) is 18.8 Å². The van der Waals surface area contributed by atoms with E-state index in [1.807, 2.05) is 0 Å². The van der Waals surface area contributed by atoms with Gasteiger partial charge in [0.05, 0.1) is 19.6 Å². The van der Waals surface area contributed by atoms with E-state index < -0.39 is 23.5 Å². The Kier molecular flexibility index (Phi) is 8.62. The highest BCUT2D eigenvalue weighted by Gasteiger charge is 2.10. The van der Waals surface area contributed by atoms with Crippen LogP contribution in [0.2, 0.25) is 0 Å². The number of benzene rings is 2. The van der Waals surface area contributed by atoms with E-state index in [-0.39, 0.29) is 13.0 Å². The molecule has 0 aliphatic heterocycles. The van der Waals surface area contributed by atoms with Crippen molar-refractivity contribution in [3.8, 4) is 5.75 Å². The molecule has 0 bridgehead atoms. The lowest BCUT2D eigenvalue weighted by atomic mass is 10.1. The number of unbranched alkanes of at least 4 members (excludes halogenated alkanes) is 1.